The van der Waals surface area contributed by atoms with E-state index < -0.39 is 46.1 Å². The Morgan fingerprint density at radius 2 is 1.08 bits per heavy atom. The molecule has 0 saturated heterocycles. The predicted octanol–water partition coefficient (Wildman–Crippen LogP) is 7.15. The highest BCUT2D eigenvalue weighted by atomic mass is 35.5. The molecule has 0 aliphatic carbocycles. The zero-order chi connectivity index (χ0) is 27.7. The van der Waals surface area contributed by atoms with Gasteiger partial charge in [0.05, 0.1) is 22.3 Å². The van der Waals surface area contributed by atoms with E-state index in [0.29, 0.717) is 0 Å². The molecule has 2 aromatic carbocycles. The molecular formula is C27H35ClO8. The van der Waals surface area contributed by atoms with E-state index in [1.165, 1.54) is 57.1 Å². The van der Waals surface area contributed by atoms with Crippen LogP contribution in [0.3, 0.4) is 0 Å². The molecule has 2 rings (SSSR count). The van der Waals surface area contributed by atoms with Gasteiger partial charge in [-0.3, -0.25) is 0 Å². The Morgan fingerprint density at radius 1 is 0.639 bits per heavy atom. The second-order valence-electron chi connectivity index (χ2n) is 7.79. The summed E-state index contributed by atoms with van der Waals surface area (Å²) in [6, 6.07) is 8.50. The third-order valence-electron chi connectivity index (χ3n) is 4.98. The van der Waals surface area contributed by atoms with Crippen LogP contribution >= 0.6 is 11.6 Å². The van der Waals surface area contributed by atoms with Gasteiger partial charge in [0.1, 0.15) is 0 Å². The van der Waals surface area contributed by atoms with Crippen molar-refractivity contribution in [2.24, 2.45) is 0 Å². The molecule has 4 N–H and O–H groups in total. The van der Waals surface area contributed by atoms with Gasteiger partial charge in [0.25, 0.3) is 0 Å². The van der Waals surface area contributed by atoms with Crippen LogP contribution in [0.4, 0.5) is 0 Å². The first kappa shape index (κ1) is 32.6. The van der Waals surface area contributed by atoms with Crippen LogP contribution in [0.15, 0.2) is 36.4 Å². The fourth-order valence-electron chi connectivity index (χ4n) is 3.20. The van der Waals surface area contributed by atoms with Crippen LogP contribution in [0.2, 0.25) is 0 Å². The van der Waals surface area contributed by atoms with Crippen LogP contribution in [0, 0.1) is 0 Å². The summed E-state index contributed by atoms with van der Waals surface area (Å²) in [5.74, 6) is -6.21. The lowest BCUT2D eigenvalue weighted by molar-refractivity contribution is 0.0620. The maximum Gasteiger partial charge on any atom is 0.337 e. The minimum atomic E-state index is -1.84. The number of unbranched alkanes of at least 4 members (excludes halogenated alkanes) is 5. The fourth-order valence-corrected chi connectivity index (χ4v) is 3.39. The molecule has 0 aliphatic heterocycles. The summed E-state index contributed by atoms with van der Waals surface area (Å²) in [7, 11) is 0. The molecule has 0 unspecified atom stereocenters. The predicted molar refractivity (Wildman–Crippen MR) is 140 cm³/mol. The van der Waals surface area contributed by atoms with Crippen molar-refractivity contribution in [3.05, 3.63) is 58.7 Å². The number of hydrogen-bond donors (Lipinski definition) is 4. The molecule has 0 heterocycles. The number of benzene rings is 2. The molecule has 0 fully saturated rings. The van der Waals surface area contributed by atoms with Gasteiger partial charge in [-0.15, -0.1) is 11.6 Å². The maximum atomic E-state index is 11.6. The number of rotatable bonds is 11. The van der Waals surface area contributed by atoms with Crippen LogP contribution in [-0.2, 0) is 0 Å². The largest absolute Gasteiger partial charge is 0.478 e. The van der Waals surface area contributed by atoms with Gasteiger partial charge in [-0.25, -0.2) is 19.2 Å². The van der Waals surface area contributed by atoms with Gasteiger partial charge < -0.3 is 20.4 Å². The Morgan fingerprint density at radius 3 is 1.42 bits per heavy atom. The molecule has 9 heteroatoms. The van der Waals surface area contributed by atoms with Crippen molar-refractivity contribution >= 4 is 35.5 Å². The Bertz CT molecular complexity index is 987. The SMILES string of the molecule is CCCCCC.CCCCCCl.O=C(O)c1cc(-c2ccccc2)c(C(=O)O)c(C(=O)O)c1C(=O)O. The number of aromatic carboxylic acids is 4. The van der Waals surface area contributed by atoms with Gasteiger partial charge in [-0.05, 0) is 23.6 Å². The van der Waals surface area contributed by atoms with Crippen molar-refractivity contribution in [1.29, 1.82) is 0 Å². The van der Waals surface area contributed by atoms with Crippen molar-refractivity contribution in [2.45, 2.75) is 65.7 Å². The molecule has 0 aromatic heterocycles. The molecule has 2 aromatic rings. The smallest absolute Gasteiger partial charge is 0.337 e. The average Bonchev–Trinajstić information content (AvgIpc) is 2.85. The first-order valence-electron chi connectivity index (χ1n) is 11.8. The monoisotopic (exact) mass is 522 g/mol. The summed E-state index contributed by atoms with van der Waals surface area (Å²) < 4.78 is 0. The molecule has 8 nitrogen and oxygen atoms in total. The highest BCUT2D eigenvalue weighted by Gasteiger charge is 2.32. The van der Waals surface area contributed by atoms with Crippen molar-refractivity contribution in [1.82, 2.24) is 0 Å². The molecule has 0 saturated carbocycles. The number of carbonyl (C=O) groups is 4. The van der Waals surface area contributed by atoms with E-state index >= 15 is 0 Å². The lowest BCUT2D eigenvalue weighted by Gasteiger charge is -2.14. The minimum Gasteiger partial charge on any atom is -0.478 e. The minimum absolute atomic E-state index is 0.192. The fraction of sp³-hybridized carbons (Fsp3) is 0.407. The van der Waals surface area contributed by atoms with Crippen molar-refractivity contribution < 1.29 is 39.6 Å². The summed E-state index contributed by atoms with van der Waals surface area (Å²) in [5.41, 5.74) is -3.68. The highest BCUT2D eigenvalue weighted by molar-refractivity contribution is 6.18. The molecule has 0 aliphatic rings. The van der Waals surface area contributed by atoms with E-state index in [4.69, 9.17) is 11.6 Å². The topological polar surface area (TPSA) is 149 Å². The third-order valence-corrected chi connectivity index (χ3v) is 5.25. The van der Waals surface area contributed by atoms with E-state index in [1.54, 1.807) is 18.2 Å². The normalized spacial score (nSPS) is 9.78. The Kier molecular flexibility index (Phi) is 16.3. The van der Waals surface area contributed by atoms with Gasteiger partial charge in [-0.1, -0.05) is 89.6 Å². The first-order valence-corrected chi connectivity index (χ1v) is 12.4. The number of carboxylic acids is 4. The summed E-state index contributed by atoms with van der Waals surface area (Å²) in [6.45, 7) is 6.64. The van der Waals surface area contributed by atoms with E-state index in [2.05, 4.69) is 20.8 Å². The second kappa shape index (κ2) is 18.0. The Labute approximate surface area is 216 Å². The van der Waals surface area contributed by atoms with Gasteiger partial charge in [0.2, 0.25) is 0 Å². The summed E-state index contributed by atoms with van der Waals surface area (Å²) in [5, 5.41) is 37.1. The van der Waals surface area contributed by atoms with Crippen LogP contribution in [0.5, 0.6) is 0 Å². The van der Waals surface area contributed by atoms with Gasteiger partial charge in [0.15, 0.2) is 0 Å². The summed E-state index contributed by atoms with van der Waals surface area (Å²) >= 11 is 5.38. The van der Waals surface area contributed by atoms with E-state index in [-0.39, 0.29) is 11.1 Å². The molecule has 36 heavy (non-hydrogen) atoms. The van der Waals surface area contributed by atoms with E-state index in [9.17, 15) is 39.6 Å². The van der Waals surface area contributed by atoms with Crippen molar-refractivity contribution in [3.8, 4) is 11.1 Å². The molecule has 0 bridgehead atoms. The van der Waals surface area contributed by atoms with Crippen LogP contribution in [0.1, 0.15) is 107 Å². The highest BCUT2D eigenvalue weighted by Crippen LogP contribution is 2.32. The lowest BCUT2D eigenvalue weighted by Crippen LogP contribution is -2.20. The second-order valence-corrected chi connectivity index (χ2v) is 8.16. The van der Waals surface area contributed by atoms with Crippen molar-refractivity contribution in [3.63, 3.8) is 0 Å². The third kappa shape index (κ3) is 10.5. The van der Waals surface area contributed by atoms with E-state index in [1.807, 2.05) is 0 Å². The molecule has 0 atom stereocenters. The van der Waals surface area contributed by atoms with Crippen LogP contribution < -0.4 is 0 Å². The molecule has 198 valence electrons. The van der Waals surface area contributed by atoms with Gasteiger partial charge >= 0.3 is 23.9 Å². The zero-order valence-electron chi connectivity index (χ0n) is 20.9. The van der Waals surface area contributed by atoms with Crippen LogP contribution in [0.25, 0.3) is 11.1 Å². The van der Waals surface area contributed by atoms with Gasteiger partial charge in [0, 0.05) is 5.88 Å². The Hall–Kier alpha value is -3.39. The summed E-state index contributed by atoms with van der Waals surface area (Å²) in [6.07, 6.45) is 9.27. The quantitative estimate of drug-likeness (QED) is 0.179. The molecule has 0 amide bonds. The average molecular weight is 523 g/mol. The van der Waals surface area contributed by atoms with E-state index in [0.717, 1.165) is 11.9 Å². The number of carboxylic acid groups (broad SMARTS) is 4. The number of alkyl halides is 1. The molecule has 0 radical (unpaired) electrons. The first-order chi connectivity index (χ1) is 17.1. The van der Waals surface area contributed by atoms with Gasteiger partial charge in [-0.2, -0.15) is 0 Å². The Balaban J connectivity index is 0.000000846. The maximum absolute atomic E-state index is 11.6. The zero-order valence-corrected chi connectivity index (χ0v) is 21.7. The molecular weight excluding hydrogens is 488 g/mol. The van der Waals surface area contributed by atoms with Crippen LogP contribution in [-0.4, -0.2) is 50.2 Å². The van der Waals surface area contributed by atoms with Crippen molar-refractivity contribution in [2.75, 3.05) is 5.88 Å². The number of halogens is 1. The summed E-state index contributed by atoms with van der Waals surface area (Å²) in [4.78, 5) is 45.8. The number of hydrogen-bond acceptors (Lipinski definition) is 4. The lowest BCUT2D eigenvalue weighted by atomic mass is 9.88. The molecule has 0 spiro atoms. The standard InChI is InChI=1S/C16H10O8.C6H14.C5H11Cl/c17-13(18)9-6-8(7-4-2-1-3-5-7)10(14(19)20)12(16(23)24)11(9)15(21)22;1-3-5-6-4-2;1-2-3-4-5-6/h1-6H,(H,17,18)(H,19,20)(H,21,22)(H,23,24);3-6H2,1-2H3;2-5H2,1H3.